The van der Waals surface area contributed by atoms with Crippen LogP contribution in [0, 0.1) is 0 Å². The largest absolute Gasteiger partial charge is 0.467 e. The van der Waals surface area contributed by atoms with Crippen LogP contribution in [0.15, 0.2) is 47.1 Å². The first-order valence-corrected chi connectivity index (χ1v) is 12.2. The SMILES string of the molecule is CN(C)CCN(Cc1ccco1)C(=O)c1c2c(nc3ccccc13)C(=O)N(C1CCCCC1)C2. The van der Waals surface area contributed by atoms with Gasteiger partial charge in [0.2, 0.25) is 0 Å². The van der Waals surface area contributed by atoms with Crippen LogP contribution < -0.4 is 0 Å². The highest BCUT2D eigenvalue weighted by Gasteiger charge is 2.38. The number of nitrogens with zero attached hydrogens (tertiary/aromatic N) is 4. The van der Waals surface area contributed by atoms with E-state index in [1.807, 2.05) is 60.3 Å². The van der Waals surface area contributed by atoms with Crippen LogP contribution in [0.5, 0.6) is 0 Å². The quantitative estimate of drug-likeness (QED) is 0.525. The Hall–Kier alpha value is -3.19. The molecule has 2 amide bonds. The summed E-state index contributed by atoms with van der Waals surface area (Å²) in [6.45, 7) is 2.12. The molecule has 7 heteroatoms. The number of carbonyl (C=O) groups is 2. The van der Waals surface area contributed by atoms with Crippen LogP contribution in [-0.2, 0) is 13.1 Å². The van der Waals surface area contributed by atoms with E-state index in [1.54, 1.807) is 6.26 Å². The molecule has 7 nitrogen and oxygen atoms in total. The number of hydrogen-bond donors (Lipinski definition) is 0. The van der Waals surface area contributed by atoms with E-state index < -0.39 is 0 Å². The molecule has 1 aromatic carbocycles. The Bertz CT molecular complexity index is 1180. The molecule has 1 fully saturated rings. The summed E-state index contributed by atoms with van der Waals surface area (Å²) in [4.78, 5) is 38.2. The zero-order chi connectivity index (χ0) is 23.7. The van der Waals surface area contributed by atoms with Gasteiger partial charge < -0.3 is 19.1 Å². The number of benzene rings is 1. The Kier molecular flexibility index (Phi) is 6.37. The summed E-state index contributed by atoms with van der Waals surface area (Å²) in [5.41, 5.74) is 2.51. The number of likely N-dealkylation sites (N-methyl/N-ethyl adjacent to an activating group) is 1. The molecule has 0 N–H and O–H groups in total. The number of fused-ring (bicyclic) bond motifs is 2. The fraction of sp³-hybridized carbons (Fsp3) is 0.444. The van der Waals surface area contributed by atoms with Crippen LogP contribution in [0.3, 0.4) is 0 Å². The maximum absolute atomic E-state index is 14.2. The van der Waals surface area contributed by atoms with E-state index in [4.69, 9.17) is 9.40 Å². The van der Waals surface area contributed by atoms with Crippen molar-refractivity contribution in [2.24, 2.45) is 0 Å². The minimum absolute atomic E-state index is 0.0346. The summed E-state index contributed by atoms with van der Waals surface area (Å²) in [6, 6.07) is 11.6. The van der Waals surface area contributed by atoms with Crippen molar-refractivity contribution in [1.29, 1.82) is 0 Å². The number of furan rings is 1. The lowest BCUT2D eigenvalue weighted by molar-refractivity contribution is 0.0651. The van der Waals surface area contributed by atoms with Crippen LogP contribution in [0.25, 0.3) is 10.9 Å². The smallest absolute Gasteiger partial charge is 0.273 e. The molecule has 1 aliphatic heterocycles. The lowest BCUT2D eigenvalue weighted by Gasteiger charge is -2.30. The number of hydrogen-bond acceptors (Lipinski definition) is 5. The highest BCUT2D eigenvalue weighted by atomic mass is 16.3. The molecule has 0 spiro atoms. The van der Waals surface area contributed by atoms with E-state index in [2.05, 4.69) is 4.90 Å². The molecule has 1 aliphatic carbocycles. The van der Waals surface area contributed by atoms with Crippen molar-refractivity contribution in [1.82, 2.24) is 19.7 Å². The molecule has 0 saturated heterocycles. The predicted molar refractivity (Wildman–Crippen MR) is 130 cm³/mol. The molecular weight excluding hydrogens is 428 g/mol. The van der Waals surface area contributed by atoms with Crippen LogP contribution in [0.4, 0.5) is 0 Å². The van der Waals surface area contributed by atoms with E-state index in [-0.39, 0.29) is 17.9 Å². The summed E-state index contributed by atoms with van der Waals surface area (Å²) < 4.78 is 5.57. The number of carbonyl (C=O) groups excluding carboxylic acids is 2. The monoisotopic (exact) mass is 460 g/mol. The highest BCUT2D eigenvalue weighted by molar-refractivity contribution is 6.11. The van der Waals surface area contributed by atoms with Gasteiger partial charge in [0, 0.05) is 36.6 Å². The molecule has 5 rings (SSSR count). The van der Waals surface area contributed by atoms with Crippen molar-refractivity contribution in [3.63, 3.8) is 0 Å². The first-order chi connectivity index (χ1) is 16.5. The summed E-state index contributed by atoms with van der Waals surface area (Å²) in [5.74, 6) is 0.626. The Morgan fingerprint density at radius 2 is 1.88 bits per heavy atom. The van der Waals surface area contributed by atoms with Crippen LogP contribution in [0.2, 0.25) is 0 Å². The lowest BCUT2D eigenvalue weighted by Crippen LogP contribution is -2.37. The highest BCUT2D eigenvalue weighted by Crippen LogP contribution is 2.35. The zero-order valence-electron chi connectivity index (χ0n) is 20.0. The van der Waals surface area contributed by atoms with Gasteiger partial charge in [0.15, 0.2) is 0 Å². The lowest BCUT2D eigenvalue weighted by atomic mass is 9.94. The summed E-state index contributed by atoms with van der Waals surface area (Å²) >= 11 is 0. The van der Waals surface area contributed by atoms with Crippen molar-refractivity contribution in [3.8, 4) is 0 Å². The molecule has 0 unspecified atom stereocenters. The van der Waals surface area contributed by atoms with E-state index >= 15 is 0 Å². The molecule has 178 valence electrons. The van der Waals surface area contributed by atoms with Gasteiger partial charge in [-0.1, -0.05) is 37.5 Å². The minimum Gasteiger partial charge on any atom is -0.467 e. The molecule has 3 aromatic rings. The molecule has 2 aromatic heterocycles. The third-order valence-electron chi connectivity index (χ3n) is 7.05. The van der Waals surface area contributed by atoms with Gasteiger partial charge in [0.1, 0.15) is 11.5 Å². The van der Waals surface area contributed by atoms with Crippen LogP contribution >= 0.6 is 0 Å². The zero-order valence-corrected chi connectivity index (χ0v) is 20.0. The average molecular weight is 461 g/mol. The molecular formula is C27H32N4O3. The van der Waals surface area contributed by atoms with Crippen molar-refractivity contribution in [2.45, 2.75) is 51.2 Å². The average Bonchev–Trinajstić information content (AvgIpc) is 3.48. The predicted octanol–water partition coefficient (Wildman–Crippen LogP) is 4.32. The Balaban J connectivity index is 1.56. The van der Waals surface area contributed by atoms with E-state index in [0.29, 0.717) is 36.4 Å². The fourth-order valence-electron chi connectivity index (χ4n) is 5.21. The van der Waals surface area contributed by atoms with E-state index in [1.165, 1.54) is 6.42 Å². The van der Waals surface area contributed by atoms with Crippen LogP contribution in [0.1, 0.15) is 64.3 Å². The van der Waals surface area contributed by atoms with Gasteiger partial charge in [-0.15, -0.1) is 0 Å². The topological polar surface area (TPSA) is 69.9 Å². The minimum atomic E-state index is -0.0774. The first-order valence-electron chi connectivity index (χ1n) is 12.2. The molecule has 0 bridgehead atoms. The number of rotatable bonds is 7. The third-order valence-corrected chi connectivity index (χ3v) is 7.05. The molecule has 2 aliphatic rings. The fourth-order valence-corrected chi connectivity index (χ4v) is 5.21. The van der Waals surface area contributed by atoms with Crippen molar-refractivity contribution >= 4 is 22.7 Å². The first kappa shape index (κ1) is 22.6. The second-order valence-corrected chi connectivity index (χ2v) is 9.67. The number of pyridine rings is 1. The standard InChI is InChI=1S/C27H32N4O3/c1-29(2)14-15-30(17-20-11-8-16-34-20)26(32)24-21-12-6-7-13-23(21)28-25-22(24)18-31(27(25)33)19-9-4-3-5-10-19/h6-8,11-13,16,19H,3-5,9-10,14-15,17-18H2,1-2H3. The molecule has 34 heavy (non-hydrogen) atoms. The summed E-state index contributed by atoms with van der Waals surface area (Å²) in [5, 5.41) is 0.804. The second-order valence-electron chi connectivity index (χ2n) is 9.67. The third kappa shape index (κ3) is 4.32. The Morgan fingerprint density at radius 1 is 1.09 bits per heavy atom. The molecule has 0 radical (unpaired) electrons. The van der Waals surface area contributed by atoms with Gasteiger partial charge >= 0.3 is 0 Å². The second kappa shape index (κ2) is 9.58. The maximum Gasteiger partial charge on any atom is 0.273 e. The van der Waals surface area contributed by atoms with Crippen molar-refractivity contribution in [3.05, 3.63) is 65.2 Å². The number of para-hydroxylation sites is 1. The van der Waals surface area contributed by atoms with Crippen LogP contribution in [-0.4, -0.2) is 64.7 Å². The van der Waals surface area contributed by atoms with Crippen molar-refractivity contribution < 1.29 is 14.0 Å². The van der Waals surface area contributed by atoms with Gasteiger partial charge in [-0.3, -0.25) is 9.59 Å². The van der Waals surface area contributed by atoms with Gasteiger partial charge in [-0.25, -0.2) is 4.98 Å². The normalized spacial score (nSPS) is 16.4. The molecule has 3 heterocycles. The number of aromatic nitrogens is 1. The van der Waals surface area contributed by atoms with Gasteiger partial charge in [0.25, 0.3) is 11.8 Å². The maximum atomic E-state index is 14.2. The number of amides is 2. The Morgan fingerprint density at radius 3 is 2.62 bits per heavy atom. The van der Waals surface area contributed by atoms with E-state index in [0.717, 1.165) is 48.9 Å². The molecule has 1 saturated carbocycles. The van der Waals surface area contributed by atoms with Gasteiger partial charge in [-0.05, 0) is 45.1 Å². The van der Waals surface area contributed by atoms with E-state index in [9.17, 15) is 9.59 Å². The van der Waals surface area contributed by atoms with Crippen molar-refractivity contribution in [2.75, 3.05) is 27.2 Å². The molecule has 0 atom stereocenters. The Labute approximate surface area is 200 Å². The van der Waals surface area contributed by atoms with Gasteiger partial charge in [-0.2, -0.15) is 0 Å². The summed E-state index contributed by atoms with van der Waals surface area (Å²) in [6.07, 6.45) is 7.20. The summed E-state index contributed by atoms with van der Waals surface area (Å²) in [7, 11) is 3.99. The van der Waals surface area contributed by atoms with Gasteiger partial charge in [0.05, 0.1) is 23.9 Å².